The van der Waals surface area contributed by atoms with Crippen molar-refractivity contribution in [3.8, 4) is 21.9 Å². The summed E-state index contributed by atoms with van der Waals surface area (Å²) >= 11 is 1.77. The molecular formula is C25H31NO4S. The quantitative estimate of drug-likeness (QED) is 0.640. The molecule has 1 amide bonds. The van der Waals surface area contributed by atoms with E-state index in [1.807, 2.05) is 4.90 Å². The molecule has 6 heteroatoms. The molecule has 1 saturated carbocycles. The van der Waals surface area contributed by atoms with Gasteiger partial charge < -0.3 is 19.1 Å². The first-order chi connectivity index (χ1) is 15.2. The predicted molar refractivity (Wildman–Crippen MR) is 122 cm³/mol. The zero-order valence-electron chi connectivity index (χ0n) is 18.2. The molecule has 1 unspecified atom stereocenters. The van der Waals surface area contributed by atoms with Crippen molar-refractivity contribution in [2.45, 2.75) is 58.1 Å². The van der Waals surface area contributed by atoms with E-state index in [1.54, 1.807) is 11.3 Å². The first kappa shape index (κ1) is 20.8. The maximum atomic E-state index is 12.9. The number of fused-ring (bicyclic) bond motifs is 1. The van der Waals surface area contributed by atoms with Crippen LogP contribution in [0.25, 0.3) is 10.4 Å². The smallest absolute Gasteiger partial charge is 0.226 e. The van der Waals surface area contributed by atoms with Crippen LogP contribution in [0, 0.1) is 12.8 Å². The summed E-state index contributed by atoms with van der Waals surface area (Å²) in [6.07, 6.45) is 6.71. The van der Waals surface area contributed by atoms with Crippen LogP contribution in [0.5, 0.6) is 11.5 Å². The Balaban J connectivity index is 1.44. The largest absolute Gasteiger partial charge is 0.487 e. The third kappa shape index (κ3) is 4.60. The van der Waals surface area contributed by atoms with Gasteiger partial charge in [0.05, 0.1) is 12.6 Å². The molecule has 31 heavy (non-hydrogen) atoms. The van der Waals surface area contributed by atoms with E-state index < -0.39 is 0 Å². The van der Waals surface area contributed by atoms with Gasteiger partial charge in [0.15, 0.2) is 11.5 Å². The molecule has 1 saturated heterocycles. The molecule has 5 rings (SSSR count). The fourth-order valence-corrected chi connectivity index (χ4v) is 5.40. The monoisotopic (exact) mass is 441 g/mol. The van der Waals surface area contributed by atoms with E-state index in [0.717, 1.165) is 54.9 Å². The Labute approximate surface area is 188 Å². The molecule has 1 aromatic heterocycles. The van der Waals surface area contributed by atoms with Crippen molar-refractivity contribution in [3.63, 3.8) is 0 Å². The Morgan fingerprint density at radius 2 is 2.06 bits per heavy atom. The molecule has 2 aromatic rings. The van der Waals surface area contributed by atoms with E-state index in [0.29, 0.717) is 26.3 Å². The van der Waals surface area contributed by atoms with Crippen molar-refractivity contribution in [1.29, 1.82) is 0 Å². The second kappa shape index (κ2) is 9.21. The number of carbonyl (C=O) groups is 1. The predicted octanol–water partition coefficient (Wildman–Crippen LogP) is 5.19. The average molecular weight is 442 g/mol. The van der Waals surface area contributed by atoms with E-state index >= 15 is 0 Å². The molecule has 3 aliphatic rings. The SMILES string of the molecule is Cc1ccc(-c2cc3c(c(OCC4CCCCO4)c2)OCCN(C(=O)C2CCC2)C3)s1. The van der Waals surface area contributed by atoms with E-state index in [1.165, 1.54) is 22.6 Å². The molecule has 2 aliphatic heterocycles. The van der Waals surface area contributed by atoms with E-state index in [2.05, 4.69) is 31.2 Å². The van der Waals surface area contributed by atoms with Crippen LogP contribution in [0.15, 0.2) is 24.3 Å². The van der Waals surface area contributed by atoms with Crippen molar-refractivity contribution in [2.24, 2.45) is 5.92 Å². The molecule has 0 N–H and O–H groups in total. The van der Waals surface area contributed by atoms with Crippen LogP contribution in [-0.4, -0.2) is 43.3 Å². The van der Waals surface area contributed by atoms with Gasteiger partial charge in [-0.25, -0.2) is 0 Å². The summed E-state index contributed by atoms with van der Waals surface area (Å²) in [6, 6.07) is 8.57. The van der Waals surface area contributed by atoms with Crippen LogP contribution in [-0.2, 0) is 16.1 Å². The summed E-state index contributed by atoms with van der Waals surface area (Å²) in [4.78, 5) is 17.4. The number of thiophene rings is 1. The lowest BCUT2D eigenvalue weighted by Crippen LogP contribution is -2.39. The van der Waals surface area contributed by atoms with Gasteiger partial charge in [-0.1, -0.05) is 6.42 Å². The fourth-order valence-electron chi connectivity index (χ4n) is 4.55. The van der Waals surface area contributed by atoms with E-state index in [9.17, 15) is 4.79 Å². The first-order valence-electron chi connectivity index (χ1n) is 11.6. The summed E-state index contributed by atoms with van der Waals surface area (Å²) in [5.74, 6) is 2.03. The van der Waals surface area contributed by atoms with Crippen LogP contribution < -0.4 is 9.47 Å². The highest BCUT2D eigenvalue weighted by Gasteiger charge is 2.32. The number of benzene rings is 1. The highest BCUT2D eigenvalue weighted by atomic mass is 32.1. The summed E-state index contributed by atoms with van der Waals surface area (Å²) in [7, 11) is 0. The van der Waals surface area contributed by atoms with Crippen molar-refractivity contribution in [1.82, 2.24) is 4.90 Å². The van der Waals surface area contributed by atoms with Crippen LogP contribution in [0.4, 0.5) is 0 Å². The van der Waals surface area contributed by atoms with Crippen molar-refractivity contribution < 1.29 is 19.0 Å². The Bertz CT molecular complexity index is 930. The molecule has 1 aromatic carbocycles. The van der Waals surface area contributed by atoms with Crippen molar-refractivity contribution in [2.75, 3.05) is 26.4 Å². The van der Waals surface area contributed by atoms with E-state index in [-0.39, 0.29) is 17.9 Å². The van der Waals surface area contributed by atoms with Crippen molar-refractivity contribution in [3.05, 3.63) is 34.7 Å². The Morgan fingerprint density at radius 1 is 1.16 bits per heavy atom. The number of amides is 1. The topological polar surface area (TPSA) is 48.0 Å². The summed E-state index contributed by atoms with van der Waals surface area (Å²) in [5.41, 5.74) is 2.16. The highest BCUT2D eigenvalue weighted by Crippen LogP contribution is 2.41. The Kier molecular flexibility index (Phi) is 6.19. The lowest BCUT2D eigenvalue weighted by Gasteiger charge is -2.30. The van der Waals surface area contributed by atoms with Gasteiger partial charge in [0.1, 0.15) is 13.2 Å². The van der Waals surface area contributed by atoms with Crippen LogP contribution >= 0.6 is 11.3 Å². The summed E-state index contributed by atoms with van der Waals surface area (Å²) in [6.45, 7) is 5.18. The van der Waals surface area contributed by atoms with Gasteiger partial charge in [-0.05, 0) is 68.9 Å². The minimum absolute atomic E-state index is 0.138. The first-order valence-corrected chi connectivity index (χ1v) is 12.4. The molecule has 0 bridgehead atoms. The molecule has 166 valence electrons. The van der Waals surface area contributed by atoms with Crippen LogP contribution in [0.1, 0.15) is 49.0 Å². The third-order valence-corrected chi connectivity index (χ3v) is 7.64. The molecule has 0 radical (unpaired) electrons. The molecular weight excluding hydrogens is 410 g/mol. The molecule has 5 nitrogen and oxygen atoms in total. The van der Waals surface area contributed by atoms with E-state index in [4.69, 9.17) is 14.2 Å². The van der Waals surface area contributed by atoms with Gasteiger partial charge in [0.25, 0.3) is 0 Å². The standard InChI is InChI=1S/C25H31NO4S/c1-17-8-9-23(31-17)19-13-20-15-26(25(27)18-5-4-6-18)10-12-29-24(20)22(14-19)30-16-21-7-2-3-11-28-21/h8-9,13-14,18,21H,2-7,10-12,15-16H2,1H3. The molecule has 0 spiro atoms. The van der Waals surface area contributed by atoms with Gasteiger partial charge in [0, 0.05) is 34.4 Å². The van der Waals surface area contributed by atoms with Crippen LogP contribution in [0.2, 0.25) is 0 Å². The zero-order valence-corrected chi connectivity index (χ0v) is 19.0. The molecule has 1 aliphatic carbocycles. The highest BCUT2D eigenvalue weighted by molar-refractivity contribution is 7.15. The maximum absolute atomic E-state index is 12.9. The number of hydrogen-bond acceptors (Lipinski definition) is 5. The summed E-state index contributed by atoms with van der Waals surface area (Å²) in [5, 5.41) is 0. The number of carbonyl (C=O) groups excluding carboxylic acids is 1. The average Bonchev–Trinajstić information content (AvgIpc) is 3.06. The number of aryl methyl sites for hydroxylation is 1. The minimum atomic E-state index is 0.138. The van der Waals surface area contributed by atoms with Gasteiger partial charge >= 0.3 is 0 Å². The van der Waals surface area contributed by atoms with Gasteiger partial charge in [0.2, 0.25) is 5.91 Å². The number of ether oxygens (including phenoxy) is 3. The second-order valence-electron chi connectivity index (χ2n) is 8.91. The molecule has 1 atom stereocenters. The molecule has 2 fully saturated rings. The third-order valence-electron chi connectivity index (χ3n) is 6.59. The summed E-state index contributed by atoms with van der Waals surface area (Å²) < 4.78 is 18.3. The Hall–Kier alpha value is -2.05. The zero-order chi connectivity index (χ0) is 21.2. The normalized spacial score (nSPS) is 21.6. The Morgan fingerprint density at radius 3 is 2.77 bits per heavy atom. The van der Waals surface area contributed by atoms with Crippen molar-refractivity contribution >= 4 is 17.2 Å². The number of rotatable bonds is 5. The maximum Gasteiger partial charge on any atom is 0.226 e. The van der Waals surface area contributed by atoms with Gasteiger partial charge in [-0.2, -0.15) is 0 Å². The van der Waals surface area contributed by atoms with Gasteiger partial charge in [-0.15, -0.1) is 11.3 Å². The minimum Gasteiger partial charge on any atom is -0.487 e. The number of hydrogen-bond donors (Lipinski definition) is 0. The molecule has 3 heterocycles. The lowest BCUT2D eigenvalue weighted by atomic mass is 9.84. The fraction of sp³-hybridized carbons (Fsp3) is 0.560. The van der Waals surface area contributed by atoms with Crippen LogP contribution in [0.3, 0.4) is 0 Å². The lowest BCUT2D eigenvalue weighted by molar-refractivity contribution is -0.138. The van der Waals surface area contributed by atoms with Gasteiger partial charge in [-0.3, -0.25) is 4.79 Å². The number of nitrogens with zero attached hydrogens (tertiary/aromatic N) is 1. The second-order valence-corrected chi connectivity index (χ2v) is 10.2.